The van der Waals surface area contributed by atoms with Crippen LogP contribution in [0.2, 0.25) is 0 Å². The average molecular weight is 402 g/mol. The molecule has 0 aromatic heterocycles. The molecular weight excluding hydrogens is 368 g/mol. The van der Waals surface area contributed by atoms with Gasteiger partial charge in [-0.15, -0.1) is 0 Å². The second kappa shape index (κ2) is 12.3. The van der Waals surface area contributed by atoms with Crippen LogP contribution in [-0.4, -0.2) is 64.7 Å². The molecule has 7 N–H and O–H groups in total. The highest BCUT2D eigenvalue weighted by atomic mass is 16.4. The van der Waals surface area contributed by atoms with Crippen LogP contribution in [0.5, 0.6) is 0 Å². The third-order valence-corrected chi connectivity index (χ3v) is 3.89. The van der Waals surface area contributed by atoms with Gasteiger partial charge in [0.05, 0.1) is 18.7 Å². The summed E-state index contributed by atoms with van der Waals surface area (Å²) in [6.45, 7) is 8.40. The first-order chi connectivity index (χ1) is 12.8. The largest absolute Gasteiger partial charge is 0.480 e. The van der Waals surface area contributed by atoms with Crippen LogP contribution in [0.25, 0.3) is 0 Å². The summed E-state index contributed by atoms with van der Waals surface area (Å²) in [7, 11) is 0. The van der Waals surface area contributed by atoms with Gasteiger partial charge in [-0.05, 0) is 31.6 Å². The second-order valence-electron chi connectivity index (χ2n) is 7.77. The van der Waals surface area contributed by atoms with Gasteiger partial charge >= 0.3 is 5.97 Å². The van der Waals surface area contributed by atoms with Crippen molar-refractivity contribution in [2.24, 2.45) is 17.6 Å². The van der Waals surface area contributed by atoms with Crippen LogP contribution in [0.15, 0.2) is 0 Å². The third kappa shape index (κ3) is 10.2. The van der Waals surface area contributed by atoms with Gasteiger partial charge in [-0.2, -0.15) is 0 Å². The maximum Gasteiger partial charge on any atom is 0.328 e. The fourth-order valence-electron chi connectivity index (χ4n) is 2.50. The van der Waals surface area contributed by atoms with Crippen molar-refractivity contribution in [3.63, 3.8) is 0 Å². The van der Waals surface area contributed by atoms with Gasteiger partial charge in [0.25, 0.3) is 0 Å². The van der Waals surface area contributed by atoms with Crippen LogP contribution in [0.3, 0.4) is 0 Å². The minimum atomic E-state index is -1.49. The Kier molecular flexibility index (Phi) is 11.3. The topological polar surface area (TPSA) is 171 Å². The summed E-state index contributed by atoms with van der Waals surface area (Å²) < 4.78 is 0. The molecule has 0 bridgehead atoms. The van der Waals surface area contributed by atoms with Crippen LogP contribution in [0.1, 0.15) is 47.5 Å². The Labute approximate surface area is 165 Å². The number of carbonyl (C=O) groups excluding carboxylic acids is 3. The molecule has 0 aliphatic rings. The van der Waals surface area contributed by atoms with Crippen molar-refractivity contribution in [3.05, 3.63) is 0 Å². The van der Waals surface area contributed by atoms with Crippen LogP contribution >= 0.6 is 0 Å². The molecule has 4 atom stereocenters. The Morgan fingerprint density at radius 1 is 0.893 bits per heavy atom. The molecule has 10 heteroatoms. The van der Waals surface area contributed by atoms with E-state index < -0.39 is 47.9 Å². The third-order valence-electron chi connectivity index (χ3n) is 3.89. The van der Waals surface area contributed by atoms with Crippen molar-refractivity contribution < 1.29 is 29.4 Å². The summed E-state index contributed by atoms with van der Waals surface area (Å²) in [5, 5.41) is 25.7. The molecule has 0 radical (unpaired) electrons. The first-order valence-corrected chi connectivity index (χ1v) is 9.39. The lowest BCUT2D eigenvalue weighted by molar-refractivity contribution is -0.145. The number of rotatable bonds is 12. The summed E-state index contributed by atoms with van der Waals surface area (Å²) in [5.74, 6) is -2.92. The molecule has 0 aliphatic carbocycles. The van der Waals surface area contributed by atoms with E-state index in [9.17, 15) is 24.3 Å². The van der Waals surface area contributed by atoms with E-state index >= 15 is 0 Å². The van der Waals surface area contributed by atoms with Crippen molar-refractivity contribution in [2.75, 3.05) is 6.54 Å². The Hall–Kier alpha value is -2.20. The van der Waals surface area contributed by atoms with Crippen LogP contribution in [0.4, 0.5) is 0 Å². The number of hydrogen-bond donors (Lipinski definition) is 6. The van der Waals surface area contributed by atoms with Crippen molar-refractivity contribution in [1.29, 1.82) is 0 Å². The Balaban J connectivity index is 4.86. The van der Waals surface area contributed by atoms with E-state index in [0.29, 0.717) is 6.42 Å². The lowest BCUT2D eigenvalue weighted by atomic mass is 10.0. The first kappa shape index (κ1) is 25.8. The number of aliphatic hydroxyl groups excluding tert-OH is 1. The molecule has 4 unspecified atom stereocenters. The van der Waals surface area contributed by atoms with E-state index in [-0.39, 0.29) is 24.8 Å². The summed E-state index contributed by atoms with van der Waals surface area (Å²) in [6.07, 6.45) is -0.578. The van der Waals surface area contributed by atoms with Gasteiger partial charge in [0.15, 0.2) is 6.04 Å². The van der Waals surface area contributed by atoms with E-state index in [1.165, 1.54) is 6.92 Å². The Morgan fingerprint density at radius 2 is 1.43 bits per heavy atom. The maximum atomic E-state index is 12.4. The lowest BCUT2D eigenvalue weighted by Crippen LogP contribution is -2.56. The number of carboxylic acid groups (broad SMARTS) is 1. The summed E-state index contributed by atoms with van der Waals surface area (Å²) in [4.78, 5) is 47.6. The fourth-order valence-corrected chi connectivity index (χ4v) is 2.50. The molecule has 0 aromatic carbocycles. The molecule has 3 amide bonds. The number of amides is 3. The molecule has 0 fully saturated rings. The van der Waals surface area contributed by atoms with E-state index in [4.69, 9.17) is 10.8 Å². The number of aliphatic carboxylic acids is 1. The molecule has 0 rings (SSSR count). The molecular formula is C18H34N4O6. The Morgan fingerprint density at radius 3 is 1.86 bits per heavy atom. The molecule has 0 heterocycles. The molecule has 28 heavy (non-hydrogen) atoms. The quantitative estimate of drug-likeness (QED) is 0.242. The van der Waals surface area contributed by atoms with Gasteiger partial charge in [0, 0.05) is 0 Å². The van der Waals surface area contributed by atoms with Crippen LogP contribution in [0, 0.1) is 11.8 Å². The monoisotopic (exact) mass is 402 g/mol. The molecule has 0 spiro atoms. The number of carboxylic acids is 1. The number of nitrogens with one attached hydrogen (secondary N) is 3. The number of carbonyl (C=O) groups is 4. The second-order valence-corrected chi connectivity index (χ2v) is 7.77. The predicted octanol–water partition coefficient (Wildman–Crippen LogP) is -1.04. The van der Waals surface area contributed by atoms with Gasteiger partial charge in [0.2, 0.25) is 17.7 Å². The van der Waals surface area contributed by atoms with E-state index in [1.807, 2.05) is 27.7 Å². The van der Waals surface area contributed by atoms with Crippen molar-refractivity contribution in [1.82, 2.24) is 16.0 Å². The zero-order chi connectivity index (χ0) is 22.0. The number of aliphatic hydroxyl groups is 1. The standard InChI is InChI=1S/C18H34N4O6/c1-9(2)6-12(19)16(25)20-8-14(24)21-13(7-10(3)4)17(26)22-15(11(5)23)18(27)28/h9-13,15,23H,6-8,19H2,1-5H3,(H,20,25)(H,21,24)(H,22,26)(H,27,28). The highest BCUT2D eigenvalue weighted by Crippen LogP contribution is 2.06. The van der Waals surface area contributed by atoms with Gasteiger partial charge in [-0.1, -0.05) is 27.7 Å². The van der Waals surface area contributed by atoms with Gasteiger partial charge in [-0.25, -0.2) is 4.79 Å². The molecule has 0 aromatic rings. The highest BCUT2D eigenvalue weighted by molar-refractivity contribution is 5.92. The van der Waals surface area contributed by atoms with Crippen molar-refractivity contribution in [2.45, 2.75) is 71.7 Å². The van der Waals surface area contributed by atoms with Crippen LogP contribution in [-0.2, 0) is 19.2 Å². The fraction of sp³-hybridized carbons (Fsp3) is 0.778. The summed E-state index contributed by atoms with van der Waals surface area (Å²) in [6, 6.07) is -3.23. The maximum absolute atomic E-state index is 12.4. The van der Waals surface area contributed by atoms with Gasteiger partial charge in [-0.3, -0.25) is 14.4 Å². The zero-order valence-electron chi connectivity index (χ0n) is 17.2. The molecule has 0 saturated heterocycles. The first-order valence-electron chi connectivity index (χ1n) is 9.39. The van der Waals surface area contributed by atoms with Crippen molar-refractivity contribution in [3.8, 4) is 0 Å². The highest BCUT2D eigenvalue weighted by Gasteiger charge is 2.30. The molecule has 0 aliphatic heterocycles. The molecule has 162 valence electrons. The lowest BCUT2D eigenvalue weighted by Gasteiger charge is -2.24. The normalized spacial score (nSPS) is 15.5. The Bertz CT molecular complexity index is 550. The minimum Gasteiger partial charge on any atom is -0.480 e. The zero-order valence-corrected chi connectivity index (χ0v) is 17.2. The predicted molar refractivity (Wildman–Crippen MR) is 103 cm³/mol. The van der Waals surface area contributed by atoms with E-state index in [1.54, 1.807) is 0 Å². The van der Waals surface area contributed by atoms with Gasteiger partial charge < -0.3 is 31.9 Å². The number of hydrogen-bond acceptors (Lipinski definition) is 6. The number of nitrogens with two attached hydrogens (primary N) is 1. The summed E-state index contributed by atoms with van der Waals surface area (Å²) in [5.41, 5.74) is 5.74. The molecule has 10 nitrogen and oxygen atoms in total. The van der Waals surface area contributed by atoms with E-state index in [0.717, 1.165) is 0 Å². The molecule has 0 saturated carbocycles. The average Bonchev–Trinajstić information content (AvgIpc) is 2.54. The van der Waals surface area contributed by atoms with E-state index in [2.05, 4.69) is 16.0 Å². The van der Waals surface area contributed by atoms with Crippen molar-refractivity contribution >= 4 is 23.7 Å². The van der Waals surface area contributed by atoms with Crippen LogP contribution < -0.4 is 21.7 Å². The summed E-state index contributed by atoms with van der Waals surface area (Å²) >= 11 is 0. The SMILES string of the molecule is CC(C)CC(N)C(=O)NCC(=O)NC(CC(C)C)C(=O)NC(C(=O)O)C(C)O. The smallest absolute Gasteiger partial charge is 0.328 e. The van der Waals surface area contributed by atoms with Gasteiger partial charge in [0.1, 0.15) is 6.04 Å². The minimum absolute atomic E-state index is 0.0277.